The number of hydrogen-bond donors (Lipinski definition) is 1. The molecule has 0 saturated carbocycles. The number of rotatable bonds is 4. The summed E-state index contributed by atoms with van der Waals surface area (Å²) in [7, 11) is 1.53. The lowest BCUT2D eigenvalue weighted by atomic mass is 10.1. The number of halogens is 2. The molecular weight excluding hydrogens is 414 g/mol. The Morgan fingerprint density at radius 3 is 2.71 bits per heavy atom. The number of benzene rings is 2. The van der Waals surface area contributed by atoms with Gasteiger partial charge in [0.2, 0.25) is 0 Å². The van der Waals surface area contributed by atoms with Gasteiger partial charge >= 0.3 is 0 Å². The highest BCUT2D eigenvalue weighted by molar-refractivity contribution is 9.10. The molecule has 2 aromatic carbocycles. The minimum Gasteiger partial charge on any atom is -0.495 e. The number of amides is 1. The van der Waals surface area contributed by atoms with Gasteiger partial charge in [0, 0.05) is 15.1 Å². The van der Waals surface area contributed by atoms with Crippen molar-refractivity contribution in [3.63, 3.8) is 0 Å². The van der Waals surface area contributed by atoms with Gasteiger partial charge in [-0.25, -0.2) is 0 Å². The van der Waals surface area contributed by atoms with E-state index in [0.717, 1.165) is 21.6 Å². The number of nitrogens with one attached hydrogen (secondary N) is 1. The van der Waals surface area contributed by atoms with Crippen LogP contribution in [0.5, 0.6) is 5.75 Å². The summed E-state index contributed by atoms with van der Waals surface area (Å²) in [6, 6.07) is 12.5. The molecule has 1 N–H and O–H groups in total. The van der Waals surface area contributed by atoms with E-state index in [-0.39, 0.29) is 5.91 Å². The summed E-state index contributed by atoms with van der Waals surface area (Å²) in [4.78, 5) is 13.0. The molecule has 0 aliphatic carbocycles. The van der Waals surface area contributed by atoms with Crippen LogP contribution in [-0.2, 0) is 0 Å². The van der Waals surface area contributed by atoms with Crippen LogP contribution in [0.15, 0.2) is 46.9 Å². The second-order valence-electron chi connectivity index (χ2n) is 4.76. The largest absolute Gasteiger partial charge is 0.495 e. The van der Waals surface area contributed by atoms with Gasteiger partial charge in [0.05, 0.1) is 12.8 Å². The standard InChI is InChI=1S/C16H11BrClN3O2S/c1-23-13-7-6-11(18)8-12(13)19-16(22)15-14(20-21-24-15)9-2-4-10(17)5-3-9/h2-8H,1H3,(H,19,22). The van der Waals surface area contributed by atoms with E-state index in [9.17, 15) is 4.79 Å². The first kappa shape index (κ1) is 16.9. The summed E-state index contributed by atoms with van der Waals surface area (Å²) >= 11 is 10.4. The molecule has 0 saturated heterocycles. The first-order valence-corrected chi connectivity index (χ1v) is 8.76. The van der Waals surface area contributed by atoms with Gasteiger partial charge in [-0.15, -0.1) is 5.10 Å². The highest BCUT2D eigenvalue weighted by atomic mass is 79.9. The lowest BCUT2D eigenvalue weighted by Gasteiger charge is -2.10. The fourth-order valence-electron chi connectivity index (χ4n) is 2.09. The van der Waals surface area contributed by atoms with Gasteiger partial charge in [0.1, 0.15) is 16.3 Å². The van der Waals surface area contributed by atoms with Gasteiger partial charge in [0.15, 0.2) is 0 Å². The second-order valence-corrected chi connectivity index (χ2v) is 6.86. The van der Waals surface area contributed by atoms with Gasteiger partial charge < -0.3 is 10.1 Å². The average molecular weight is 425 g/mol. The number of methoxy groups -OCH3 is 1. The molecule has 0 aliphatic heterocycles. The number of nitrogens with zero attached hydrogens (tertiary/aromatic N) is 2. The minimum atomic E-state index is -0.316. The second kappa shape index (κ2) is 7.29. The summed E-state index contributed by atoms with van der Waals surface area (Å²) in [6.45, 7) is 0. The minimum absolute atomic E-state index is 0.316. The monoisotopic (exact) mass is 423 g/mol. The van der Waals surface area contributed by atoms with E-state index >= 15 is 0 Å². The zero-order valence-corrected chi connectivity index (χ0v) is 15.6. The number of carbonyl (C=O) groups is 1. The Hall–Kier alpha value is -1.96. The van der Waals surface area contributed by atoms with Crippen LogP contribution >= 0.6 is 39.1 Å². The molecule has 1 heterocycles. The first-order chi connectivity index (χ1) is 11.6. The molecule has 8 heteroatoms. The van der Waals surface area contributed by atoms with Crippen LogP contribution < -0.4 is 10.1 Å². The molecule has 0 atom stereocenters. The molecule has 24 heavy (non-hydrogen) atoms. The molecule has 5 nitrogen and oxygen atoms in total. The Kier molecular flexibility index (Phi) is 5.13. The Balaban J connectivity index is 1.91. The SMILES string of the molecule is COc1ccc(Cl)cc1NC(=O)c1snnc1-c1ccc(Br)cc1. The van der Waals surface area contributed by atoms with Crippen LogP contribution in [0.4, 0.5) is 5.69 Å². The summed E-state index contributed by atoms with van der Waals surface area (Å²) in [6.07, 6.45) is 0. The van der Waals surface area contributed by atoms with Crippen LogP contribution in [0.2, 0.25) is 5.02 Å². The third-order valence-electron chi connectivity index (χ3n) is 3.22. The lowest BCUT2D eigenvalue weighted by molar-refractivity contribution is 0.103. The van der Waals surface area contributed by atoms with Gasteiger partial charge in [0.25, 0.3) is 5.91 Å². The van der Waals surface area contributed by atoms with Crippen molar-refractivity contribution in [1.29, 1.82) is 0 Å². The van der Waals surface area contributed by atoms with Gasteiger partial charge in [-0.2, -0.15) is 0 Å². The van der Waals surface area contributed by atoms with Crippen molar-refractivity contribution in [2.75, 3.05) is 12.4 Å². The summed E-state index contributed by atoms with van der Waals surface area (Å²) in [5.74, 6) is 0.207. The number of aromatic nitrogens is 2. The first-order valence-electron chi connectivity index (χ1n) is 6.81. The number of anilines is 1. The molecule has 0 unspecified atom stereocenters. The number of ether oxygens (including phenoxy) is 1. The van der Waals surface area contributed by atoms with E-state index in [2.05, 4.69) is 30.8 Å². The Morgan fingerprint density at radius 1 is 1.25 bits per heavy atom. The molecule has 3 rings (SSSR count). The van der Waals surface area contributed by atoms with Crippen LogP contribution in [0.1, 0.15) is 9.67 Å². The smallest absolute Gasteiger partial charge is 0.269 e. The van der Waals surface area contributed by atoms with E-state index in [1.54, 1.807) is 18.2 Å². The molecule has 1 aromatic heterocycles. The van der Waals surface area contributed by atoms with Crippen LogP contribution in [-0.4, -0.2) is 22.6 Å². The molecule has 0 bridgehead atoms. The Morgan fingerprint density at radius 2 is 2.00 bits per heavy atom. The summed E-state index contributed by atoms with van der Waals surface area (Å²) < 4.78 is 10.1. The molecular formula is C16H11BrClN3O2S. The maximum Gasteiger partial charge on any atom is 0.269 e. The topological polar surface area (TPSA) is 64.1 Å². The maximum absolute atomic E-state index is 12.6. The zero-order valence-electron chi connectivity index (χ0n) is 12.4. The van der Waals surface area contributed by atoms with Crippen molar-refractivity contribution in [1.82, 2.24) is 9.59 Å². The highest BCUT2D eigenvalue weighted by Gasteiger charge is 2.19. The predicted molar refractivity (Wildman–Crippen MR) is 99.0 cm³/mol. The van der Waals surface area contributed by atoms with Crippen molar-refractivity contribution >= 4 is 50.7 Å². The van der Waals surface area contributed by atoms with E-state index < -0.39 is 0 Å². The molecule has 122 valence electrons. The fourth-order valence-corrected chi connectivity index (χ4v) is 3.11. The third-order valence-corrected chi connectivity index (χ3v) is 4.71. The van der Waals surface area contributed by atoms with E-state index in [4.69, 9.17) is 16.3 Å². The molecule has 0 spiro atoms. The highest BCUT2D eigenvalue weighted by Crippen LogP contribution is 2.30. The third kappa shape index (κ3) is 3.58. The normalized spacial score (nSPS) is 10.5. The molecule has 0 radical (unpaired) electrons. The molecule has 1 amide bonds. The average Bonchev–Trinajstić information content (AvgIpc) is 3.05. The Bertz CT molecular complexity index is 883. The van der Waals surface area contributed by atoms with Crippen molar-refractivity contribution in [3.8, 4) is 17.0 Å². The predicted octanol–water partition coefficient (Wildman–Crippen LogP) is 4.88. The maximum atomic E-state index is 12.6. The zero-order chi connectivity index (χ0) is 17.1. The quantitative estimate of drug-likeness (QED) is 0.648. The molecule has 0 aliphatic rings. The van der Waals surface area contributed by atoms with E-state index in [1.807, 2.05) is 24.3 Å². The summed E-state index contributed by atoms with van der Waals surface area (Å²) in [5.41, 5.74) is 1.84. The van der Waals surface area contributed by atoms with Crippen molar-refractivity contribution < 1.29 is 9.53 Å². The van der Waals surface area contributed by atoms with Crippen molar-refractivity contribution in [3.05, 3.63) is 56.8 Å². The van der Waals surface area contributed by atoms with Gasteiger partial charge in [-0.05, 0) is 41.9 Å². The number of hydrogen-bond acceptors (Lipinski definition) is 5. The Labute approximate surface area is 155 Å². The van der Waals surface area contributed by atoms with Gasteiger partial charge in [-0.3, -0.25) is 4.79 Å². The van der Waals surface area contributed by atoms with E-state index in [1.165, 1.54) is 7.11 Å². The summed E-state index contributed by atoms with van der Waals surface area (Å²) in [5, 5.41) is 7.37. The molecule has 0 fully saturated rings. The fraction of sp³-hybridized carbons (Fsp3) is 0.0625. The lowest BCUT2D eigenvalue weighted by Crippen LogP contribution is -2.12. The van der Waals surface area contributed by atoms with Crippen molar-refractivity contribution in [2.24, 2.45) is 0 Å². The number of carbonyl (C=O) groups excluding carboxylic acids is 1. The molecule has 3 aromatic rings. The van der Waals surface area contributed by atoms with Crippen LogP contribution in [0.3, 0.4) is 0 Å². The van der Waals surface area contributed by atoms with E-state index in [0.29, 0.717) is 27.0 Å². The van der Waals surface area contributed by atoms with Crippen LogP contribution in [0.25, 0.3) is 11.3 Å². The van der Waals surface area contributed by atoms with Crippen LogP contribution in [0, 0.1) is 0 Å². The van der Waals surface area contributed by atoms with Crippen molar-refractivity contribution in [2.45, 2.75) is 0 Å². The van der Waals surface area contributed by atoms with Gasteiger partial charge in [-0.1, -0.05) is 44.2 Å².